The van der Waals surface area contributed by atoms with Crippen molar-refractivity contribution in [3.05, 3.63) is 23.8 Å². The van der Waals surface area contributed by atoms with Crippen LogP contribution < -0.4 is 10.6 Å². The molecule has 0 heterocycles. The number of nitrogen functional groups attached to an aromatic ring is 1. The number of hydrogen-bond donors (Lipinski definition) is 1. The fraction of sp³-hybridized carbons (Fsp3) is 0.462. The third-order valence-electron chi connectivity index (χ3n) is 2.49. The number of anilines is 2. The van der Waals surface area contributed by atoms with Gasteiger partial charge >= 0.3 is 0 Å². The molecular weight excluding hydrogens is 200 g/mol. The van der Waals surface area contributed by atoms with Gasteiger partial charge in [-0.15, -0.1) is 0 Å². The van der Waals surface area contributed by atoms with Crippen LogP contribution in [0, 0.1) is 5.92 Å². The quantitative estimate of drug-likeness (QED) is 0.626. The fourth-order valence-corrected chi connectivity index (χ4v) is 1.76. The fourth-order valence-electron chi connectivity index (χ4n) is 1.76. The van der Waals surface area contributed by atoms with Crippen LogP contribution in [0.1, 0.15) is 31.1 Å². The van der Waals surface area contributed by atoms with Crippen LogP contribution in [-0.2, 0) is 0 Å². The van der Waals surface area contributed by atoms with E-state index < -0.39 is 0 Å². The summed E-state index contributed by atoms with van der Waals surface area (Å²) in [6, 6.07) is 5.60. The highest BCUT2D eigenvalue weighted by molar-refractivity contribution is 5.99. The molecule has 3 heteroatoms. The van der Waals surface area contributed by atoms with E-state index in [0.717, 1.165) is 12.2 Å². The summed E-state index contributed by atoms with van der Waals surface area (Å²) in [7, 11) is 2.03. The molecular formula is C13H20N2O. The number of rotatable bonds is 4. The van der Waals surface area contributed by atoms with E-state index in [4.69, 9.17) is 5.73 Å². The Kier molecular flexibility index (Phi) is 3.93. The van der Waals surface area contributed by atoms with Gasteiger partial charge in [0.25, 0.3) is 0 Å². The van der Waals surface area contributed by atoms with E-state index in [1.54, 1.807) is 6.07 Å². The Labute approximate surface area is 97.2 Å². The van der Waals surface area contributed by atoms with Crippen molar-refractivity contribution in [3.8, 4) is 0 Å². The Balaban J connectivity index is 2.92. The topological polar surface area (TPSA) is 46.3 Å². The SMILES string of the molecule is CC(=O)c1ccc(N(C)CC(C)C)cc1N. The van der Waals surface area contributed by atoms with E-state index in [-0.39, 0.29) is 5.78 Å². The van der Waals surface area contributed by atoms with Gasteiger partial charge in [-0.3, -0.25) is 4.79 Å². The number of benzene rings is 1. The largest absolute Gasteiger partial charge is 0.398 e. The maximum atomic E-state index is 11.2. The predicted molar refractivity (Wildman–Crippen MR) is 69.0 cm³/mol. The lowest BCUT2D eigenvalue weighted by Crippen LogP contribution is -2.22. The molecule has 0 aliphatic heterocycles. The van der Waals surface area contributed by atoms with Gasteiger partial charge in [0.05, 0.1) is 0 Å². The zero-order chi connectivity index (χ0) is 12.3. The Morgan fingerprint density at radius 1 is 1.44 bits per heavy atom. The van der Waals surface area contributed by atoms with Crippen molar-refractivity contribution in [2.24, 2.45) is 5.92 Å². The first kappa shape index (κ1) is 12.6. The van der Waals surface area contributed by atoms with Crippen molar-refractivity contribution in [2.45, 2.75) is 20.8 Å². The molecule has 0 atom stereocenters. The smallest absolute Gasteiger partial charge is 0.161 e. The van der Waals surface area contributed by atoms with E-state index >= 15 is 0 Å². The van der Waals surface area contributed by atoms with E-state index in [1.807, 2.05) is 19.2 Å². The Hall–Kier alpha value is -1.51. The first-order valence-corrected chi connectivity index (χ1v) is 5.53. The van der Waals surface area contributed by atoms with E-state index in [1.165, 1.54) is 6.92 Å². The van der Waals surface area contributed by atoms with Crippen LogP contribution in [0.2, 0.25) is 0 Å². The number of ketones is 1. The molecule has 1 aromatic carbocycles. The molecule has 0 amide bonds. The first-order chi connectivity index (χ1) is 7.41. The molecule has 3 nitrogen and oxygen atoms in total. The number of hydrogen-bond acceptors (Lipinski definition) is 3. The molecule has 0 aliphatic rings. The predicted octanol–water partition coefficient (Wildman–Crippen LogP) is 2.56. The number of carbonyl (C=O) groups excluding carboxylic acids is 1. The lowest BCUT2D eigenvalue weighted by atomic mass is 10.1. The zero-order valence-corrected chi connectivity index (χ0v) is 10.4. The number of carbonyl (C=O) groups is 1. The number of nitrogens with two attached hydrogens (primary N) is 1. The minimum atomic E-state index is 0.00978. The van der Waals surface area contributed by atoms with Gasteiger partial charge in [-0.1, -0.05) is 13.8 Å². The standard InChI is InChI=1S/C13H20N2O/c1-9(2)8-15(4)11-5-6-12(10(3)16)13(14)7-11/h5-7,9H,8,14H2,1-4H3. The van der Waals surface area contributed by atoms with Gasteiger partial charge in [0.1, 0.15) is 0 Å². The van der Waals surface area contributed by atoms with Crippen molar-refractivity contribution in [1.82, 2.24) is 0 Å². The molecule has 16 heavy (non-hydrogen) atoms. The van der Waals surface area contributed by atoms with Gasteiger partial charge in [-0.2, -0.15) is 0 Å². The lowest BCUT2D eigenvalue weighted by molar-refractivity contribution is 0.101. The lowest BCUT2D eigenvalue weighted by Gasteiger charge is -2.22. The summed E-state index contributed by atoms with van der Waals surface area (Å²) >= 11 is 0. The summed E-state index contributed by atoms with van der Waals surface area (Å²) in [4.78, 5) is 13.4. The minimum Gasteiger partial charge on any atom is -0.398 e. The van der Waals surface area contributed by atoms with Gasteiger partial charge in [0, 0.05) is 30.5 Å². The van der Waals surface area contributed by atoms with E-state index in [0.29, 0.717) is 17.2 Å². The van der Waals surface area contributed by atoms with Crippen LogP contribution >= 0.6 is 0 Å². The third-order valence-corrected chi connectivity index (χ3v) is 2.49. The van der Waals surface area contributed by atoms with E-state index in [9.17, 15) is 4.79 Å². The molecule has 0 bridgehead atoms. The average Bonchev–Trinajstić information content (AvgIpc) is 2.15. The molecule has 0 radical (unpaired) electrons. The molecule has 1 aromatic rings. The van der Waals surface area contributed by atoms with Crippen LogP contribution in [-0.4, -0.2) is 19.4 Å². The molecule has 0 aliphatic carbocycles. The Morgan fingerprint density at radius 3 is 2.50 bits per heavy atom. The van der Waals surface area contributed by atoms with Crippen LogP contribution in [0.25, 0.3) is 0 Å². The summed E-state index contributed by atoms with van der Waals surface area (Å²) in [5, 5.41) is 0. The first-order valence-electron chi connectivity index (χ1n) is 5.53. The van der Waals surface area contributed by atoms with Crippen LogP contribution in [0.3, 0.4) is 0 Å². The second kappa shape index (κ2) is 5.01. The maximum absolute atomic E-state index is 11.2. The molecule has 1 rings (SSSR count). The van der Waals surface area contributed by atoms with Gasteiger partial charge < -0.3 is 10.6 Å². The Bertz CT molecular complexity index is 386. The summed E-state index contributed by atoms with van der Waals surface area (Å²) < 4.78 is 0. The van der Waals surface area contributed by atoms with Crippen molar-refractivity contribution in [3.63, 3.8) is 0 Å². The van der Waals surface area contributed by atoms with Crippen molar-refractivity contribution < 1.29 is 4.79 Å². The molecule has 0 aromatic heterocycles. The molecule has 88 valence electrons. The summed E-state index contributed by atoms with van der Waals surface area (Å²) in [5.74, 6) is 0.606. The second-order valence-corrected chi connectivity index (χ2v) is 4.60. The number of nitrogens with zero attached hydrogens (tertiary/aromatic N) is 1. The average molecular weight is 220 g/mol. The summed E-state index contributed by atoms with van der Waals surface area (Å²) in [6.07, 6.45) is 0. The third kappa shape index (κ3) is 2.99. The van der Waals surface area contributed by atoms with Gasteiger partial charge in [-0.05, 0) is 31.0 Å². The monoisotopic (exact) mass is 220 g/mol. The van der Waals surface area contributed by atoms with Crippen molar-refractivity contribution in [2.75, 3.05) is 24.2 Å². The van der Waals surface area contributed by atoms with Gasteiger partial charge in [0.15, 0.2) is 5.78 Å². The highest BCUT2D eigenvalue weighted by atomic mass is 16.1. The maximum Gasteiger partial charge on any atom is 0.161 e. The molecule has 0 spiro atoms. The molecule has 0 saturated heterocycles. The van der Waals surface area contributed by atoms with E-state index in [2.05, 4.69) is 18.7 Å². The number of Topliss-reactive ketones (excluding diaryl/α,β-unsaturated/α-hetero) is 1. The van der Waals surface area contributed by atoms with Crippen molar-refractivity contribution in [1.29, 1.82) is 0 Å². The minimum absolute atomic E-state index is 0.00978. The van der Waals surface area contributed by atoms with Crippen LogP contribution in [0.15, 0.2) is 18.2 Å². The van der Waals surface area contributed by atoms with Crippen LogP contribution in [0.4, 0.5) is 11.4 Å². The molecule has 0 fully saturated rings. The van der Waals surface area contributed by atoms with Gasteiger partial charge in [-0.25, -0.2) is 0 Å². The van der Waals surface area contributed by atoms with Gasteiger partial charge in [0.2, 0.25) is 0 Å². The van der Waals surface area contributed by atoms with Crippen LogP contribution in [0.5, 0.6) is 0 Å². The molecule has 2 N–H and O–H groups in total. The summed E-state index contributed by atoms with van der Waals surface area (Å²) in [5.41, 5.74) is 8.05. The second-order valence-electron chi connectivity index (χ2n) is 4.60. The normalized spacial score (nSPS) is 10.6. The highest BCUT2D eigenvalue weighted by Gasteiger charge is 2.08. The highest BCUT2D eigenvalue weighted by Crippen LogP contribution is 2.21. The Morgan fingerprint density at radius 2 is 2.06 bits per heavy atom. The zero-order valence-electron chi connectivity index (χ0n) is 10.4. The molecule has 0 saturated carbocycles. The summed E-state index contributed by atoms with van der Waals surface area (Å²) in [6.45, 7) is 6.84. The molecule has 0 unspecified atom stereocenters. The van der Waals surface area contributed by atoms with Crippen molar-refractivity contribution >= 4 is 17.2 Å².